The molecule has 0 spiro atoms. The van der Waals surface area contributed by atoms with Gasteiger partial charge in [0.1, 0.15) is 28.3 Å². The predicted octanol–water partition coefficient (Wildman–Crippen LogP) is 3.44. The maximum atomic E-state index is 13.5. The Morgan fingerprint density at radius 1 is 1.18 bits per heavy atom. The number of hydrogen-bond donors (Lipinski definition) is 1. The molecule has 0 aliphatic carbocycles. The third-order valence-electron chi connectivity index (χ3n) is 6.94. The molecule has 11 heteroatoms. The Morgan fingerprint density at radius 3 is 2.49 bits per heavy atom. The molecule has 9 nitrogen and oxygen atoms in total. The van der Waals surface area contributed by atoms with Gasteiger partial charge in [0, 0.05) is 44.8 Å². The average Bonchev–Trinajstić information content (AvgIpc) is 3.18. The molecule has 1 aromatic carbocycles. The summed E-state index contributed by atoms with van der Waals surface area (Å²) in [5.74, 6) is -0.958. The van der Waals surface area contributed by atoms with Gasteiger partial charge in [0.15, 0.2) is 0 Å². The fourth-order valence-corrected chi connectivity index (χ4v) is 6.11. The summed E-state index contributed by atoms with van der Waals surface area (Å²) < 4.78 is 1.84. The summed E-state index contributed by atoms with van der Waals surface area (Å²) in [6, 6.07) is 12.3. The molecule has 1 amide bonds. The zero-order valence-electron chi connectivity index (χ0n) is 22.1. The van der Waals surface area contributed by atoms with Crippen molar-refractivity contribution in [2.75, 3.05) is 37.6 Å². The minimum atomic E-state index is -1.15. The van der Waals surface area contributed by atoms with Crippen LogP contribution in [0.3, 0.4) is 0 Å². The van der Waals surface area contributed by atoms with Crippen molar-refractivity contribution < 1.29 is 14.7 Å². The van der Waals surface area contributed by atoms with Gasteiger partial charge in [-0.05, 0) is 30.5 Å². The molecule has 0 atom stereocenters. The van der Waals surface area contributed by atoms with Crippen LogP contribution in [0.5, 0.6) is 0 Å². The fourth-order valence-electron chi connectivity index (χ4n) is 4.87. The van der Waals surface area contributed by atoms with E-state index in [4.69, 9.17) is 12.2 Å². The summed E-state index contributed by atoms with van der Waals surface area (Å²) in [5, 5.41) is 19.1. The summed E-state index contributed by atoms with van der Waals surface area (Å²) >= 11 is 6.31. The van der Waals surface area contributed by atoms with Crippen LogP contribution in [0.25, 0.3) is 6.08 Å². The van der Waals surface area contributed by atoms with Crippen LogP contribution in [0.15, 0.2) is 40.0 Å². The number of carbonyl (C=O) groups excluding carboxylic acids is 1. The normalized spacial score (nSPS) is 17.2. The molecule has 0 radical (unpaired) electrons. The first-order valence-electron chi connectivity index (χ1n) is 12.9. The van der Waals surface area contributed by atoms with Gasteiger partial charge in [0.2, 0.25) is 0 Å². The number of piperazine rings is 1. The van der Waals surface area contributed by atoms with Crippen molar-refractivity contribution in [3.8, 4) is 6.07 Å². The van der Waals surface area contributed by atoms with Gasteiger partial charge >= 0.3 is 5.97 Å². The van der Waals surface area contributed by atoms with Crippen LogP contribution in [0.4, 0.5) is 5.82 Å². The molecule has 2 saturated heterocycles. The standard InChI is InChI=1S/C28H31N5O4S2/c1-3-4-10-32-25(31-13-11-30(12-14-31)17-20-8-6-5-7-9-20)21(19(2)22(16-29)26(32)36)15-23-27(37)33(18-24(34)35)28(38)39-23/h5-9,15H,3-4,10-14,17-18H2,1-2H3,(H,34,35)/b23-15+. The van der Waals surface area contributed by atoms with E-state index in [2.05, 4.69) is 28.0 Å². The van der Waals surface area contributed by atoms with Crippen molar-refractivity contribution in [3.63, 3.8) is 0 Å². The second kappa shape index (κ2) is 12.6. The lowest BCUT2D eigenvalue weighted by atomic mass is 10.0. The molecular weight excluding hydrogens is 534 g/mol. The summed E-state index contributed by atoms with van der Waals surface area (Å²) in [6.45, 7) is 7.45. The number of unbranched alkanes of at least 4 members (excludes halogenated alkanes) is 1. The molecule has 2 fully saturated rings. The number of carboxylic acids is 1. The number of nitrogens with zero attached hydrogens (tertiary/aromatic N) is 5. The molecule has 0 saturated carbocycles. The summed E-state index contributed by atoms with van der Waals surface area (Å²) in [7, 11) is 0. The van der Waals surface area contributed by atoms with Crippen molar-refractivity contribution in [3.05, 3.63) is 67.8 Å². The van der Waals surface area contributed by atoms with Gasteiger partial charge in [-0.2, -0.15) is 5.26 Å². The fraction of sp³-hybridized carbons (Fsp3) is 0.393. The van der Waals surface area contributed by atoms with E-state index >= 15 is 0 Å². The molecule has 1 N–H and O–H groups in total. The highest BCUT2D eigenvalue weighted by atomic mass is 32.2. The van der Waals surface area contributed by atoms with Gasteiger partial charge < -0.3 is 10.0 Å². The Hall–Kier alpha value is -3.46. The molecule has 4 rings (SSSR count). The van der Waals surface area contributed by atoms with Crippen LogP contribution >= 0.6 is 24.0 Å². The number of amides is 1. The molecule has 1 aromatic heterocycles. The number of aromatic nitrogens is 1. The molecule has 3 heterocycles. The third kappa shape index (κ3) is 6.24. The number of thiocarbonyl (C=S) groups is 1. The second-order valence-corrected chi connectivity index (χ2v) is 11.2. The minimum Gasteiger partial charge on any atom is -0.480 e. The lowest BCUT2D eigenvalue weighted by molar-refractivity contribution is -0.140. The molecule has 2 aliphatic heterocycles. The van der Waals surface area contributed by atoms with Crippen LogP contribution in [0.2, 0.25) is 0 Å². The van der Waals surface area contributed by atoms with Gasteiger partial charge in [-0.25, -0.2) is 0 Å². The lowest BCUT2D eigenvalue weighted by Crippen LogP contribution is -2.48. The SMILES string of the molecule is CCCCn1c(N2CCN(Cc3ccccc3)CC2)c(/C=C2/SC(=S)N(CC(=O)O)C2=O)c(C)c(C#N)c1=O. The molecule has 39 heavy (non-hydrogen) atoms. The maximum Gasteiger partial charge on any atom is 0.323 e. The summed E-state index contributed by atoms with van der Waals surface area (Å²) in [4.78, 5) is 43.7. The number of carbonyl (C=O) groups is 2. The first-order valence-corrected chi connectivity index (χ1v) is 14.1. The van der Waals surface area contributed by atoms with E-state index in [-0.39, 0.29) is 20.3 Å². The van der Waals surface area contributed by atoms with Gasteiger partial charge in [-0.15, -0.1) is 0 Å². The number of rotatable bonds is 9. The summed E-state index contributed by atoms with van der Waals surface area (Å²) in [6.07, 6.45) is 3.30. The van der Waals surface area contributed by atoms with Crippen LogP contribution in [0.1, 0.15) is 42.0 Å². The topological polar surface area (TPSA) is 110 Å². The Balaban J connectivity index is 1.75. The van der Waals surface area contributed by atoms with Gasteiger partial charge in [-0.1, -0.05) is 67.7 Å². The van der Waals surface area contributed by atoms with E-state index in [1.54, 1.807) is 17.6 Å². The van der Waals surface area contributed by atoms with Crippen LogP contribution in [0, 0.1) is 18.3 Å². The number of hydrogen-bond acceptors (Lipinski definition) is 8. The van der Waals surface area contributed by atoms with E-state index in [0.29, 0.717) is 36.6 Å². The number of aliphatic carboxylic acids is 1. The lowest BCUT2D eigenvalue weighted by Gasteiger charge is -2.38. The van der Waals surface area contributed by atoms with Gasteiger partial charge in [0.05, 0.1) is 4.91 Å². The van der Waals surface area contributed by atoms with Crippen molar-refractivity contribution in [1.29, 1.82) is 5.26 Å². The van der Waals surface area contributed by atoms with E-state index in [1.807, 2.05) is 25.1 Å². The largest absolute Gasteiger partial charge is 0.480 e. The monoisotopic (exact) mass is 565 g/mol. The quantitative estimate of drug-likeness (QED) is 0.361. The van der Waals surface area contributed by atoms with Crippen LogP contribution in [-0.4, -0.2) is 68.4 Å². The van der Waals surface area contributed by atoms with Crippen molar-refractivity contribution in [1.82, 2.24) is 14.4 Å². The highest BCUT2D eigenvalue weighted by Crippen LogP contribution is 2.36. The number of pyridine rings is 1. The van der Waals surface area contributed by atoms with Gasteiger partial charge in [-0.3, -0.25) is 28.8 Å². The molecular formula is C28H31N5O4S2. The molecule has 0 bridgehead atoms. The average molecular weight is 566 g/mol. The van der Waals surface area contributed by atoms with E-state index in [0.717, 1.165) is 49.1 Å². The van der Waals surface area contributed by atoms with E-state index < -0.39 is 18.4 Å². The van der Waals surface area contributed by atoms with Crippen LogP contribution in [-0.2, 0) is 22.7 Å². The summed E-state index contributed by atoms with van der Waals surface area (Å²) in [5.41, 5.74) is 2.07. The van der Waals surface area contributed by atoms with Crippen molar-refractivity contribution in [2.45, 2.75) is 39.8 Å². The number of benzene rings is 1. The molecule has 0 unspecified atom stereocenters. The van der Waals surface area contributed by atoms with Crippen molar-refractivity contribution in [2.24, 2.45) is 0 Å². The zero-order chi connectivity index (χ0) is 28.1. The van der Waals surface area contributed by atoms with Gasteiger partial charge in [0.25, 0.3) is 11.5 Å². The predicted molar refractivity (Wildman–Crippen MR) is 157 cm³/mol. The number of nitriles is 1. The minimum absolute atomic E-state index is 0.0461. The number of anilines is 1. The molecule has 2 aliphatic rings. The Kier molecular flexibility index (Phi) is 9.22. The highest BCUT2D eigenvalue weighted by Gasteiger charge is 2.34. The first kappa shape index (κ1) is 28.5. The second-order valence-electron chi connectivity index (χ2n) is 9.57. The highest BCUT2D eigenvalue weighted by molar-refractivity contribution is 8.26. The van der Waals surface area contributed by atoms with E-state index in [9.17, 15) is 24.8 Å². The smallest absolute Gasteiger partial charge is 0.323 e. The zero-order valence-corrected chi connectivity index (χ0v) is 23.7. The van der Waals surface area contributed by atoms with Crippen molar-refractivity contribution >= 4 is 52.1 Å². The third-order valence-corrected chi connectivity index (χ3v) is 8.32. The van der Waals surface area contributed by atoms with Crippen LogP contribution < -0.4 is 10.5 Å². The number of thioether (sulfide) groups is 1. The Bertz CT molecular complexity index is 1410. The molecule has 204 valence electrons. The Morgan fingerprint density at radius 2 is 1.87 bits per heavy atom. The molecule has 2 aromatic rings. The first-order chi connectivity index (χ1) is 18.7. The Labute approximate surface area is 237 Å². The number of carboxylic acid groups (broad SMARTS) is 1. The maximum absolute atomic E-state index is 13.5. The van der Waals surface area contributed by atoms with E-state index in [1.165, 1.54) is 5.56 Å².